The number of carbonyl (C=O) groups excluding carboxylic acids is 2. The Labute approximate surface area is 108 Å². The highest BCUT2D eigenvalue weighted by molar-refractivity contribution is 5.97. The van der Waals surface area contributed by atoms with E-state index >= 15 is 0 Å². The zero-order valence-electron chi connectivity index (χ0n) is 11.4. The number of ether oxygens (including phenoxy) is 1. The van der Waals surface area contributed by atoms with Gasteiger partial charge in [0.1, 0.15) is 5.60 Å². The van der Waals surface area contributed by atoms with Crippen molar-refractivity contribution in [3.8, 4) is 0 Å². The van der Waals surface area contributed by atoms with Gasteiger partial charge in [0, 0.05) is 6.54 Å². The fourth-order valence-electron chi connectivity index (χ4n) is 2.68. The molecule has 18 heavy (non-hydrogen) atoms. The molecule has 1 N–H and O–H groups in total. The first-order valence-electron chi connectivity index (χ1n) is 6.60. The van der Waals surface area contributed by atoms with E-state index in [1.54, 1.807) is 0 Å². The summed E-state index contributed by atoms with van der Waals surface area (Å²) in [6, 6.07) is 0. The fourth-order valence-corrected chi connectivity index (χ4v) is 2.68. The van der Waals surface area contributed by atoms with E-state index in [2.05, 4.69) is 5.32 Å². The lowest BCUT2D eigenvalue weighted by molar-refractivity contribution is -0.136. The van der Waals surface area contributed by atoms with E-state index < -0.39 is 11.7 Å². The molecule has 1 spiro atoms. The van der Waals surface area contributed by atoms with Crippen molar-refractivity contribution in [3.63, 3.8) is 0 Å². The molecule has 0 atom stereocenters. The molecule has 2 aliphatic heterocycles. The third kappa shape index (κ3) is 2.51. The van der Waals surface area contributed by atoms with Gasteiger partial charge < -0.3 is 10.1 Å². The van der Waals surface area contributed by atoms with Crippen LogP contribution in [0, 0.1) is 5.41 Å². The average Bonchev–Trinajstić information content (AvgIpc) is 2.56. The van der Waals surface area contributed by atoms with Crippen molar-refractivity contribution in [2.24, 2.45) is 5.41 Å². The summed E-state index contributed by atoms with van der Waals surface area (Å²) in [5, 5.41) is 3.25. The van der Waals surface area contributed by atoms with Crippen LogP contribution >= 0.6 is 0 Å². The van der Waals surface area contributed by atoms with Crippen molar-refractivity contribution in [1.82, 2.24) is 10.2 Å². The number of likely N-dealkylation sites (tertiary alicyclic amines) is 1. The maximum Gasteiger partial charge on any atom is 0.417 e. The highest BCUT2D eigenvalue weighted by Crippen LogP contribution is 2.40. The quantitative estimate of drug-likeness (QED) is 0.712. The van der Waals surface area contributed by atoms with Crippen LogP contribution in [0.4, 0.5) is 4.79 Å². The second-order valence-electron chi connectivity index (χ2n) is 6.22. The van der Waals surface area contributed by atoms with Gasteiger partial charge in [-0.3, -0.25) is 4.79 Å². The van der Waals surface area contributed by atoms with Crippen molar-refractivity contribution < 1.29 is 14.3 Å². The maximum absolute atomic E-state index is 12.4. The van der Waals surface area contributed by atoms with Crippen LogP contribution in [0.1, 0.15) is 40.0 Å². The summed E-state index contributed by atoms with van der Waals surface area (Å²) in [6.45, 7) is 7.64. The lowest BCUT2D eigenvalue weighted by Gasteiger charge is -2.32. The second-order valence-corrected chi connectivity index (χ2v) is 6.22. The van der Waals surface area contributed by atoms with Gasteiger partial charge in [-0.1, -0.05) is 0 Å². The molecule has 2 fully saturated rings. The zero-order chi connectivity index (χ0) is 13.4. The largest absolute Gasteiger partial charge is 0.443 e. The Hall–Kier alpha value is -1.10. The third-order valence-corrected chi connectivity index (χ3v) is 3.69. The van der Waals surface area contributed by atoms with Gasteiger partial charge in [0.25, 0.3) is 0 Å². The van der Waals surface area contributed by atoms with E-state index in [1.165, 1.54) is 4.90 Å². The molecule has 2 saturated heterocycles. The van der Waals surface area contributed by atoms with Gasteiger partial charge in [0.05, 0.1) is 5.41 Å². The van der Waals surface area contributed by atoms with Crippen LogP contribution in [0.3, 0.4) is 0 Å². The Morgan fingerprint density at radius 1 is 1.28 bits per heavy atom. The molecule has 2 heterocycles. The van der Waals surface area contributed by atoms with Gasteiger partial charge in [-0.05, 0) is 53.1 Å². The van der Waals surface area contributed by atoms with Crippen LogP contribution in [0.25, 0.3) is 0 Å². The fraction of sp³-hybridized carbons (Fsp3) is 0.846. The van der Waals surface area contributed by atoms with Crippen LogP contribution in [-0.2, 0) is 9.53 Å². The number of amides is 2. The topological polar surface area (TPSA) is 58.6 Å². The number of hydrogen-bond acceptors (Lipinski definition) is 4. The molecular weight excluding hydrogens is 232 g/mol. The Morgan fingerprint density at radius 3 is 2.44 bits per heavy atom. The second kappa shape index (κ2) is 4.53. The number of hydrogen-bond donors (Lipinski definition) is 1. The Kier molecular flexibility index (Phi) is 3.36. The highest BCUT2D eigenvalue weighted by atomic mass is 16.6. The summed E-state index contributed by atoms with van der Waals surface area (Å²) < 4.78 is 5.28. The minimum Gasteiger partial charge on any atom is -0.443 e. The molecule has 2 amide bonds. The van der Waals surface area contributed by atoms with Crippen molar-refractivity contribution >= 4 is 12.0 Å². The van der Waals surface area contributed by atoms with Crippen LogP contribution in [0.5, 0.6) is 0 Å². The number of nitrogens with zero attached hydrogens (tertiary/aromatic N) is 1. The smallest absolute Gasteiger partial charge is 0.417 e. The van der Waals surface area contributed by atoms with Crippen LogP contribution in [-0.4, -0.2) is 42.1 Å². The molecule has 0 aromatic rings. The van der Waals surface area contributed by atoms with Crippen molar-refractivity contribution in [3.05, 3.63) is 0 Å². The lowest BCUT2D eigenvalue weighted by atomic mass is 9.78. The van der Waals surface area contributed by atoms with Crippen molar-refractivity contribution in [2.45, 2.75) is 45.6 Å². The van der Waals surface area contributed by atoms with Gasteiger partial charge in [-0.25, -0.2) is 9.69 Å². The number of carbonyl (C=O) groups is 2. The minimum atomic E-state index is -0.554. The average molecular weight is 254 g/mol. The van der Waals surface area contributed by atoms with Crippen LogP contribution in [0.2, 0.25) is 0 Å². The molecule has 102 valence electrons. The number of piperidine rings is 1. The first kappa shape index (κ1) is 13.3. The molecule has 2 rings (SSSR count). The van der Waals surface area contributed by atoms with E-state index in [4.69, 9.17) is 4.74 Å². The van der Waals surface area contributed by atoms with Crippen LogP contribution in [0.15, 0.2) is 0 Å². The normalized spacial score (nSPS) is 23.5. The summed E-state index contributed by atoms with van der Waals surface area (Å²) in [5.41, 5.74) is -0.872. The molecule has 0 saturated carbocycles. The van der Waals surface area contributed by atoms with Crippen LogP contribution < -0.4 is 5.32 Å². The predicted octanol–water partition coefficient (Wildman–Crippen LogP) is 1.52. The summed E-state index contributed by atoms with van der Waals surface area (Å²) in [4.78, 5) is 25.7. The molecule has 0 aromatic heterocycles. The standard InChI is InChI=1S/C13H22N2O3/c1-12(2,3)18-11(17)15-9-6-13(10(15)16)4-7-14-8-5-13/h14H,4-9H2,1-3H3. The molecule has 2 aliphatic rings. The molecular formula is C13H22N2O3. The number of imide groups is 1. The molecule has 5 nitrogen and oxygen atoms in total. The third-order valence-electron chi connectivity index (χ3n) is 3.69. The first-order valence-corrected chi connectivity index (χ1v) is 6.60. The lowest BCUT2D eigenvalue weighted by Crippen LogP contribution is -2.45. The monoisotopic (exact) mass is 254 g/mol. The van der Waals surface area contributed by atoms with Crippen molar-refractivity contribution in [2.75, 3.05) is 19.6 Å². The summed E-state index contributed by atoms with van der Waals surface area (Å²) in [7, 11) is 0. The minimum absolute atomic E-state index is 0.0433. The molecule has 5 heteroatoms. The van der Waals surface area contributed by atoms with Gasteiger partial charge in [0.15, 0.2) is 0 Å². The summed E-state index contributed by atoms with van der Waals surface area (Å²) >= 11 is 0. The molecule has 0 bridgehead atoms. The summed E-state index contributed by atoms with van der Waals surface area (Å²) in [5.74, 6) is -0.0433. The molecule has 0 unspecified atom stereocenters. The molecule has 0 aromatic carbocycles. The first-order chi connectivity index (χ1) is 8.34. The number of rotatable bonds is 0. The number of nitrogens with one attached hydrogen (secondary N) is 1. The van der Waals surface area contributed by atoms with Gasteiger partial charge >= 0.3 is 6.09 Å². The zero-order valence-corrected chi connectivity index (χ0v) is 11.4. The van der Waals surface area contributed by atoms with Gasteiger partial charge in [-0.2, -0.15) is 0 Å². The van der Waals surface area contributed by atoms with Gasteiger partial charge in [0.2, 0.25) is 5.91 Å². The highest BCUT2D eigenvalue weighted by Gasteiger charge is 2.49. The Morgan fingerprint density at radius 2 is 1.89 bits per heavy atom. The predicted molar refractivity (Wildman–Crippen MR) is 67.1 cm³/mol. The maximum atomic E-state index is 12.4. The van der Waals surface area contributed by atoms with Crippen molar-refractivity contribution in [1.29, 1.82) is 0 Å². The SMILES string of the molecule is CC(C)(C)OC(=O)N1CCC2(CCNCC2)C1=O. The summed E-state index contributed by atoms with van der Waals surface area (Å²) in [6.07, 6.45) is 1.92. The molecule has 0 aliphatic carbocycles. The van der Waals surface area contributed by atoms with E-state index in [-0.39, 0.29) is 11.3 Å². The van der Waals surface area contributed by atoms with Gasteiger partial charge in [-0.15, -0.1) is 0 Å². The molecule has 0 radical (unpaired) electrons. The van der Waals surface area contributed by atoms with E-state index in [0.29, 0.717) is 6.54 Å². The Balaban J connectivity index is 2.05. The Bertz CT molecular complexity index is 354. The van der Waals surface area contributed by atoms with E-state index in [0.717, 1.165) is 32.4 Å². The van der Waals surface area contributed by atoms with E-state index in [9.17, 15) is 9.59 Å². The van der Waals surface area contributed by atoms with E-state index in [1.807, 2.05) is 20.8 Å².